The Morgan fingerprint density at radius 3 is 2.88 bits per heavy atom. The van der Waals surface area contributed by atoms with E-state index in [9.17, 15) is 4.79 Å². The van der Waals surface area contributed by atoms with E-state index in [1.807, 2.05) is 6.07 Å². The van der Waals surface area contributed by atoms with E-state index in [1.54, 1.807) is 4.40 Å². The molecule has 2 aromatic heterocycles. The normalized spacial score (nSPS) is 15.9. The highest BCUT2D eigenvalue weighted by molar-refractivity contribution is 5.47. The largest absolute Gasteiger partial charge is 0.350 e. The number of fused-ring (bicyclic) bond motifs is 1. The van der Waals surface area contributed by atoms with E-state index in [-0.39, 0.29) is 5.69 Å². The zero-order valence-corrected chi connectivity index (χ0v) is 9.81. The summed E-state index contributed by atoms with van der Waals surface area (Å²) in [4.78, 5) is 18.5. The van der Waals surface area contributed by atoms with Crippen LogP contribution in [-0.4, -0.2) is 32.7 Å². The molecule has 90 valence electrons. The fourth-order valence-electron chi connectivity index (χ4n) is 2.27. The van der Waals surface area contributed by atoms with Crippen LogP contribution in [0.2, 0.25) is 0 Å². The summed E-state index contributed by atoms with van der Waals surface area (Å²) in [5.74, 6) is 0.732. The summed E-state index contributed by atoms with van der Waals surface area (Å²) in [6.45, 7) is 3.98. The number of rotatable bonds is 2. The molecular formula is C11H15N5O. The first-order valence-corrected chi connectivity index (χ1v) is 6.01. The Kier molecular flexibility index (Phi) is 2.35. The zero-order valence-electron chi connectivity index (χ0n) is 9.81. The van der Waals surface area contributed by atoms with Gasteiger partial charge in [-0.1, -0.05) is 6.92 Å². The third-order valence-corrected chi connectivity index (χ3v) is 3.19. The number of nitrogens with one attached hydrogen (secondary N) is 1. The summed E-state index contributed by atoms with van der Waals surface area (Å²) in [6.07, 6.45) is 3.16. The molecule has 0 bridgehead atoms. The molecule has 0 spiro atoms. The van der Waals surface area contributed by atoms with Crippen molar-refractivity contribution in [2.45, 2.75) is 26.2 Å². The maximum atomic E-state index is 11.7. The number of nitrogens with zero attached hydrogens (tertiary/aromatic N) is 4. The number of hydrogen-bond acceptors (Lipinski definition) is 4. The van der Waals surface area contributed by atoms with Crippen molar-refractivity contribution in [1.82, 2.24) is 19.6 Å². The average molecular weight is 233 g/mol. The monoisotopic (exact) mass is 233 g/mol. The van der Waals surface area contributed by atoms with Gasteiger partial charge in [-0.3, -0.25) is 0 Å². The lowest BCUT2D eigenvalue weighted by Gasteiger charge is -2.17. The Bertz CT molecular complexity index is 593. The van der Waals surface area contributed by atoms with Gasteiger partial charge in [-0.05, 0) is 19.3 Å². The fourth-order valence-corrected chi connectivity index (χ4v) is 2.27. The van der Waals surface area contributed by atoms with Crippen LogP contribution in [0.3, 0.4) is 0 Å². The van der Waals surface area contributed by atoms with Crippen molar-refractivity contribution in [2.24, 2.45) is 0 Å². The smallest absolute Gasteiger partial charge is 0.342 e. The minimum Gasteiger partial charge on any atom is -0.342 e. The molecule has 1 N–H and O–H groups in total. The number of H-pyrrole nitrogens is 1. The lowest BCUT2D eigenvalue weighted by molar-refractivity contribution is 0.843. The standard InChI is InChI=1S/C11H15N5O/c1-2-8-7-9-13-14-11(17)16(9)10(12-8)15-5-3-4-6-15/h7H,2-6H2,1H3,(H,14,17). The number of aryl methyl sites for hydroxylation is 1. The molecule has 3 rings (SSSR count). The predicted molar refractivity (Wildman–Crippen MR) is 64.4 cm³/mol. The highest BCUT2D eigenvalue weighted by atomic mass is 16.1. The van der Waals surface area contributed by atoms with Gasteiger partial charge < -0.3 is 4.90 Å². The summed E-state index contributed by atoms with van der Waals surface area (Å²) >= 11 is 0. The van der Waals surface area contributed by atoms with Gasteiger partial charge in [0.2, 0.25) is 5.95 Å². The summed E-state index contributed by atoms with van der Waals surface area (Å²) in [6, 6.07) is 1.86. The second-order valence-electron chi connectivity index (χ2n) is 4.32. The van der Waals surface area contributed by atoms with Gasteiger partial charge in [0.25, 0.3) is 0 Å². The average Bonchev–Trinajstić information content (AvgIpc) is 2.98. The lowest BCUT2D eigenvalue weighted by Crippen LogP contribution is -2.26. The summed E-state index contributed by atoms with van der Waals surface area (Å²) in [7, 11) is 0. The molecule has 0 aromatic carbocycles. The molecule has 0 saturated carbocycles. The van der Waals surface area contributed by atoms with Crippen molar-refractivity contribution >= 4 is 11.6 Å². The molecule has 6 heteroatoms. The van der Waals surface area contributed by atoms with Crippen LogP contribution in [0.25, 0.3) is 5.65 Å². The van der Waals surface area contributed by atoms with Crippen LogP contribution in [-0.2, 0) is 6.42 Å². The Morgan fingerprint density at radius 2 is 2.18 bits per heavy atom. The zero-order chi connectivity index (χ0) is 11.8. The Hall–Kier alpha value is -1.85. The third-order valence-electron chi connectivity index (χ3n) is 3.19. The van der Waals surface area contributed by atoms with E-state index in [1.165, 1.54) is 0 Å². The molecule has 0 aliphatic carbocycles. The van der Waals surface area contributed by atoms with Crippen molar-refractivity contribution in [2.75, 3.05) is 18.0 Å². The number of anilines is 1. The van der Waals surface area contributed by atoms with Crippen molar-refractivity contribution in [3.05, 3.63) is 22.2 Å². The molecular weight excluding hydrogens is 218 g/mol. The summed E-state index contributed by atoms with van der Waals surface area (Å²) in [5, 5.41) is 6.50. The van der Waals surface area contributed by atoms with Crippen LogP contribution in [0.15, 0.2) is 10.9 Å². The quantitative estimate of drug-likeness (QED) is 0.824. The number of aromatic nitrogens is 4. The highest BCUT2D eigenvalue weighted by Gasteiger charge is 2.19. The topological polar surface area (TPSA) is 66.3 Å². The first-order chi connectivity index (χ1) is 8.29. The molecule has 0 unspecified atom stereocenters. The van der Waals surface area contributed by atoms with E-state index in [4.69, 9.17) is 0 Å². The number of hydrogen-bond donors (Lipinski definition) is 1. The highest BCUT2D eigenvalue weighted by Crippen LogP contribution is 2.18. The van der Waals surface area contributed by atoms with Crippen LogP contribution < -0.4 is 10.6 Å². The third kappa shape index (κ3) is 1.60. The Balaban J connectivity index is 2.24. The van der Waals surface area contributed by atoms with Crippen molar-refractivity contribution < 1.29 is 0 Å². The molecule has 2 aromatic rings. The number of aromatic amines is 1. The van der Waals surface area contributed by atoms with Crippen LogP contribution >= 0.6 is 0 Å². The SMILES string of the molecule is CCc1cc2n[nH]c(=O)n2c(N2CCCC2)n1. The maximum Gasteiger partial charge on any atom is 0.350 e. The fraction of sp³-hybridized carbons (Fsp3) is 0.545. The molecule has 1 aliphatic rings. The molecule has 17 heavy (non-hydrogen) atoms. The van der Waals surface area contributed by atoms with E-state index in [0.29, 0.717) is 5.65 Å². The van der Waals surface area contributed by atoms with Crippen molar-refractivity contribution in [3.63, 3.8) is 0 Å². The van der Waals surface area contributed by atoms with Crippen molar-refractivity contribution in [1.29, 1.82) is 0 Å². The second-order valence-corrected chi connectivity index (χ2v) is 4.32. The molecule has 1 saturated heterocycles. The minimum absolute atomic E-state index is 0.211. The first-order valence-electron chi connectivity index (χ1n) is 6.01. The maximum absolute atomic E-state index is 11.7. The van der Waals surface area contributed by atoms with Gasteiger partial charge in [-0.15, -0.1) is 0 Å². The molecule has 6 nitrogen and oxygen atoms in total. The van der Waals surface area contributed by atoms with Gasteiger partial charge in [-0.2, -0.15) is 5.10 Å². The van der Waals surface area contributed by atoms with Crippen LogP contribution in [0.5, 0.6) is 0 Å². The van der Waals surface area contributed by atoms with Crippen LogP contribution in [0, 0.1) is 0 Å². The minimum atomic E-state index is -0.211. The van der Waals surface area contributed by atoms with Crippen LogP contribution in [0.4, 0.5) is 5.95 Å². The lowest BCUT2D eigenvalue weighted by atomic mass is 10.3. The molecule has 3 heterocycles. The summed E-state index contributed by atoms with van der Waals surface area (Å²) in [5.41, 5.74) is 1.42. The van der Waals surface area contributed by atoms with Gasteiger partial charge in [0, 0.05) is 24.8 Å². The van der Waals surface area contributed by atoms with Gasteiger partial charge in [0.05, 0.1) is 0 Å². The van der Waals surface area contributed by atoms with Crippen molar-refractivity contribution in [3.8, 4) is 0 Å². The molecule has 0 radical (unpaired) electrons. The van der Waals surface area contributed by atoms with Gasteiger partial charge in [-0.25, -0.2) is 19.3 Å². The van der Waals surface area contributed by atoms with E-state index in [0.717, 1.165) is 44.0 Å². The van der Waals surface area contributed by atoms with E-state index < -0.39 is 0 Å². The molecule has 1 aliphatic heterocycles. The molecule has 1 fully saturated rings. The van der Waals surface area contributed by atoms with Crippen LogP contribution in [0.1, 0.15) is 25.5 Å². The molecule has 0 atom stereocenters. The van der Waals surface area contributed by atoms with Gasteiger partial charge in [0.15, 0.2) is 5.65 Å². The Labute approximate surface area is 98.3 Å². The predicted octanol–water partition coefficient (Wildman–Crippen LogP) is 0.580. The van der Waals surface area contributed by atoms with E-state index in [2.05, 4.69) is 27.0 Å². The van der Waals surface area contributed by atoms with Gasteiger partial charge >= 0.3 is 5.69 Å². The Morgan fingerprint density at radius 1 is 1.41 bits per heavy atom. The first kappa shape index (κ1) is 10.3. The summed E-state index contributed by atoms with van der Waals surface area (Å²) < 4.78 is 1.56. The van der Waals surface area contributed by atoms with Gasteiger partial charge in [0.1, 0.15) is 0 Å². The molecule has 0 amide bonds. The van der Waals surface area contributed by atoms with E-state index >= 15 is 0 Å². The second kappa shape index (κ2) is 3.87.